The molecule has 1 unspecified atom stereocenters. The molecule has 5 heteroatoms. The van der Waals surface area contributed by atoms with Crippen LogP contribution in [0.4, 0.5) is 0 Å². The molecule has 3 rings (SSSR count). The molecule has 1 aromatic rings. The molecule has 1 aliphatic heterocycles. The first-order valence-electron chi connectivity index (χ1n) is 7.56. The maximum Gasteiger partial charge on any atom is 0.243 e. The van der Waals surface area contributed by atoms with Gasteiger partial charge in [0, 0.05) is 0 Å². The van der Waals surface area contributed by atoms with Crippen LogP contribution in [0.5, 0.6) is 0 Å². The number of hydrogen-bond acceptors (Lipinski definition) is 5. The second kappa shape index (κ2) is 5.21. The Balaban J connectivity index is 1.70. The van der Waals surface area contributed by atoms with E-state index in [1.54, 1.807) is 0 Å². The molecule has 106 valence electrons. The zero-order chi connectivity index (χ0) is 13.3. The van der Waals surface area contributed by atoms with Crippen LogP contribution in [-0.2, 0) is 5.54 Å². The van der Waals surface area contributed by atoms with Crippen molar-refractivity contribution in [3.63, 3.8) is 0 Å². The summed E-state index contributed by atoms with van der Waals surface area (Å²) in [4.78, 5) is 7.02. The quantitative estimate of drug-likeness (QED) is 0.907. The van der Waals surface area contributed by atoms with Crippen LogP contribution in [-0.4, -0.2) is 28.1 Å². The molecule has 2 heterocycles. The van der Waals surface area contributed by atoms with E-state index in [1.165, 1.54) is 32.1 Å². The van der Waals surface area contributed by atoms with Gasteiger partial charge in [0.05, 0.1) is 11.6 Å². The normalized spacial score (nSPS) is 25.6. The topological polar surface area (TPSA) is 68.2 Å². The van der Waals surface area contributed by atoms with Crippen LogP contribution < -0.4 is 5.73 Å². The Hall–Kier alpha value is -0.940. The summed E-state index contributed by atoms with van der Waals surface area (Å²) >= 11 is 0. The van der Waals surface area contributed by atoms with Gasteiger partial charge in [-0.1, -0.05) is 18.0 Å². The van der Waals surface area contributed by atoms with Crippen molar-refractivity contribution in [2.75, 3.05) is 13.1 Å². The molecule has 0 aromatic carbocycles. The van der Waals surface area contributed by atoms with Crippen molar-refractivity contribution < 1.29 is 4.52 Å². The van der Waals surface area contributed by atoms with Gasteiger partial charge in [-0.2, -0.15) is 4.98 Å². The molecule has 0 spiro atoms. The van der Waals surface area contributed by atoms with Gasteiger partial charge in [-0.3, -0.25) is 4.90 Å². The first-order valence-corrected chi connectivity index (χ1v) is 7.56. The van der Waals surface area contributed by atoms with Gasteiger partial charge in [0.2, 0.25) is 5.89 Å². The number of rotatable bonds is 3. The van der Waals surface area contributed by atoms with Crippen LogP contribution in [0.2, 0.25) is 0 Å². The fourth-order valence-corrected chi connectivity index (χ4v) is 3.03. The minimum absolute atomic E-state index is 0.211. The zero-order valence-corrected chi connectivity index (χ0v) is 11.8. The Kier molecular flexibility index (Phi) is 3.58. The van der Waals surface area contributed by atoms with Crippen molar-refractivity contribution >= 4 is 0 Å². The molecular formula is C14H24N4O. The molecule has 19 heavy (non-hydrogen) atoms. The molecule has 1 aromatic heterocycles. The van der Waals surface area contributed by atoms with Crippen LogP contribution in [0.15, 0.2) is 4.52 Å². The maximum atomic E-state index is 6.24. The van der Waals surface area contributed by atoms with Crippen molar-refractivity contribution in [3.8, 4) is 0 Å². The van der Waals surface area contributed by atoms with E-state index in [-0.39, 0.29) is 11.6 Å². The average Bonchev–Trinajstić information content (AvgIpc) is 2.71. The van der Waals surface area contributed by atoms with Gasteiger partial charge in [-0.05, 0) is 52.1 Å². The van der Waals surface area contributed by atoms with Gasteiger partial charge < -0.3 is 10.3 Å². The maximum absolute atomic E-state index is 6.24. The fraction of sp³-hybridized carbons (Fsp3) is 0.857. The third kappa shape index (κ3) is 2.54. The van der Waals surface area contributed by atoms with Gasteiger partial charge >= 0.3 is 0 Å². The fourth-order valence-electron chi connectivity index (χ4n) is 3.03. The SMILES string of the molecule is CC(c1nc(C2(N)CCC2)no1)N1CCCCCC1. The second-order valence-corrected chi connectivity index (χ2v) is 6.09. The predicted octanol–water partition coefficient (Wildman–Crippen LogP) is 2.34. The van der Waals surface area contributed by atoms with Gasteiger partial charge in [0.1, 0.15) is 0 Å². The van der Waals surface area contributed by atoms with E-state index in [2.05, 4.69) is 22.0 Å². The highest BCUT2D eigenvalue weighted by molar-refractivity contribution is 5.09. The molecule has 1 atom stereocenters. The lowest BCUT2D eigenvalue weighted by molar-refractivity contribution is 0.178. The third-order valence-electron chi connectivity index (χ3n) is 4.68. The van der Waals surface area contributed by atoms with Crippen molar-refractivity contribution in [2.45, 2.75) is 63.5 Å². The first kappa shape index (κ1) is 13.1. The van der Waals surface area contributed by atoms with Crippen LogP contribution in [0.25, 0.3) is 0 Å². The number of nitrogens with zero attached hydrogens (tertiary/aromatic N) is 3. The van der Waals surface area contributed by atoms with Crippen LogP contribution in [0, 0.1) is 0 Å². The Morgan fingerprint density at radius 1 is 1.16 bits per heavy atom. The lowest BCUT2D eigenvalue weighted by Crippen LogP contribution is -2.44. The summed E-state index contributed by atoms with van der Waals surface area (Å²) in [6.45, 7) is 4.42. The molecule has 1 saturated carbocycles. The van der Waals surface area contributed by atoms with Crippen LogP contribution >= 0.6 is 0 Å². The summed E-state index contributed by atoms with van der Waals surface area (Å²) in [5.41, 5.74) is 5.92. The molecule has 0 amide bonds. The van der Waals surface area contributed by atoms with Gasteiger partial charge in [0.25, 0.3) is 0 Å². The Bertz CT molecular complexity index is 419. The molecule has 0 radical (unpaired) electrons. The summed E-state index contributed by atoms with van der Waals surface area (Å²) < 4.78 is 5.46. The van der Waals surface area contributed by atoms with E-state index in [0.29, 0.717) is 5.82 Å². The average molecular weight is 264 g/mol. The van der Waals surface area contributed by atoms with E-state index < -0.39 is 0 Å². The molecule has 2 N–H and O–H groups in total. The van der Waals surface area contributed by atoms with Gasteiger partial charge in [-0.25, -0.2) is 0 Å². The molecule has 2 fully saturated rings. The van der Waals surface area contributed by atoms with Gasteiger partial charge in [-0.15, -0.1) is 0 Å². The largest absolute Gasteiger partial charge is 0.338 e. The molecule has 2 aliphatic rings. The highest BCUT2D eigenvalue weighted by Gasteiger charge is 2.39. The first-order chi connectivity index (χ1) is 9.19. The lowest BCUT2D eigenvalue weighted by atomic mass is 9.77. The van der Waals surface area contributed by atoms with Crippen LogP contribution in [0.3, 0.4) is 0 Å². The monoisotopic (exact) mass is 264 g/mol. The Labute approximate surface area is 114 Å². The van der Waals surface area contributed by atoms with E-state index in [0.717, 1.165) is 31.8 Å². The molecular weight excluding hydrogens is 240 g/mol. The van der Waals surface area contributed by atoms with E-state index in [9.17, 15) is 0 Å². The summed E-state index contributed by atoms with van der Waals surface area (Å²) in [5, 5.41) is 4.11. The summed E-state index contributed by atoms with van der Waals surface area (Å²) in [5.74, 6) is 1.43. The minimum Gasteiger partial charge on any atom is -0.338 e. The highest BCUT2D eigenvalue weighted by Crippen LogP contribution is 2.37. The molecule has 1 aliphatic carbocycles. The van der Waals surface area contributed by atoms with Gasteiger partial charge in [0.15, 0.2) is 5.82 Å². The summed E-state index contributed by atoms with van der Waals surface area (Å²) in [7, 11) is 0. The minimum atomic E-state index is -0.319. The number of likely N-dealkylation sites (tertiary alicyclic amines) is 1. The van der Waals surface area contributed by atoms with E-state index in [4.69, 9.17) is 10.3 Å². The predicted molar refractivity (Wildman–Crippen MR) is 72.5 cm³/mol. The van der Waals surface area contributed by atoms with Crippen molar-refractivity contribution in [3.05, 3.63) is 11.7 Å². The van der Waals surface area contributed by atoms with E-state index >= 15 is 0 Å². The number of nitrogens with two attached hydrogens (primary N) is 1. The lowest BCUT2D eigenvalue weighted by Gasteiger charge is -2.34. The molecule has 0 bridgehead atoms. The van der Waals surface area contributed by atoms with Crippen molar-refractivity contribution in [1.29, 1.82) is 0 Å². The Morgan fingerprint density at radius 2 is 1.84 bits per heavy atom. The van der Waals surface area contributed by atoms with E-state index in [1.807, 2.05) is 0 Å². The zero-order valence-electron chi connectivity index (χ0n) is 11.8. The molecule has 1 saturated heterocycles. The van der Waals surface area contributed by atoms with Crippen molar-refractivity contribution in [1.82, 2.24) is 15.0 Å². The highest BCUT2D eigenvalue weighted by atomic mass is 16.5. The third-order valence-corrected chi connectivity index (χ3v) is 4.68. The number of hydrogen-bond donors (Lipinski definition) is 1. The second-order valence-electron chi connectivity index (χ2n) is 6.09. The van der Waals surface area contributed by atoms with Crippen LogP contribution in [0.1, 0.15) is 69.6 Å². The summed E-state index contributed by atoms with van der Waals surface area (Å²) in [6, 6.07) is 0.211. The Morgan fingerprint density at radius 3 is 2.42 bits per heavy atom. The smallest absolute Gasteiger partial charge is 0.243 e. The molecule has 5 nitrogen and oxygen atoms in total. The standard InChI is InChI=1S/C14H24N4O/c1-11(18-9-4-2-3-5-10-18)12-16-13(17-19-12)14(15)7-6-8-14/h11H,2-10,15H2,1H3. The summed E-state index contributed by atoms with van der Waals surface area (Å²) in [6.07, 6.45) is 8.34. The number of aromatic nitrogens is 2. The van der Waals surface area contributed by atoms with Crippen molar-refractivity contribution in [2.24, 2.45) is 5.73 Å².